The fourth-order valence-corrected chi connectivity index (χ4v) is 2.31. The molecular formula is C16H12N2O4. The molecule has 0 spiro atoms. The molecule has 3 rings (SSSR count). The van der Waals surface area contributed by atoms with Crippen LogP contribution in [0.15, 0.2) is 42.6 Å². The predicted octanol–water partition coefficient (Wildman–Crippen LogP) is -0.385. The van der Waals surface area contributed by atoms with E-state index in [1.165, 1.54) is 18.3 Å². The first kappa shape index (κ1) is 13.9. The average molecular weight is 296 g/mol. The highest BCUT2D eigenvalue weighted by molar-refractivity contribution is 6.47. The number of carbonyl (C=O) groups excluding carboxylic acids is 2. The van der Waals surface area contributed by atoms with Gasteiger partial charge in [0.2, 0.25) is 0 Å². The summed E-state index contributed by atoms with van der Waals surface area (Å²) in [6.45, 7) is 7.17. The number of esters is 2. The molecule has 1 aliphatic heterocycles. The number of aromatic nitrogens is 1. The molecule has 22 heavy (non-hydrogen) atoms. The Morgan fingerprint density at radius 3 is 2.50 bits per heavy atom. The monoisotopic (exact) mass is 296 g/mol. The fraction of sp³-hybridized carbons (Fsp3) is 0.125. The lowest BCUT2D eigenvalue weighted by Gasteiger charge is -2.12. The van der Waals surface area contributed by atoms with Crippen LogP contribution in [0.2, 0.25) is 0 Å². The van der Waals surface area contributed by atoms with Crippen molar-refractivity contribution in [2.75, 3.05) is 13.2 Å². The molecule has 1 aromatic heterocycles. The van der Waals surface area contributed by atoms with E-state index in [1.807, 2.05) is 0 Å². The average Bonchev–Trinajstić information content (AvgIpc) is 2.87. The quantitative estimate of drug-likeness (QED) is 0.528. The number of carbonyl (C=O) groups is 2. The van der Waals surface area contributed by atoms with E-state index in [0.29, 0.717) is 27.4 Å². The van der Waals surface area contributed by atoms with Crippen LogP contribution in [-0.2, 0) is 19.1 Å². The Kier molecular flexibility index (Phi) is 3.42. The fourth-order valence-electron chi connectivity index (χ4n) is 2.31. The lowest BCUT2D eigenvalue weighted by molar-refractivity contribution is -0.135. The smallest absolute Gasteiger partial charge is 0.359 e. The third-order valence-electron chi connectivity index (χ3n) is 3.20. The number of rotatable bonds is 6. The third-order valence-corrected chi connectivity index (χ3v) is 3.20. The number of hydrogen-bond donors (Lipinski definition) is 0. The van der Waals surface area contributed by atoms with Gasteiger partial charge in [0.15, 0.2) is 5.71 Å². The number of hydrogen-bond acceptors (Lipinski definition) is 6. The molecule has 0 N–H and O–H groups in total. The number of ether oxygens (including phenoxy) is 2. The SMILES string of the molecule is C=CCOC(=O)C1=NC2=c3c1nccc3=C2C(=O)OCC=C. The van der Waals surface area contributed by atoms with Gasteiger partial charge < -0.3 is 9.47 Å². The van der Waals surface area contributed by atoms with Crippen LogP contribution in [0.1, 0.15) is 5.69 Å². The maximum Gasteiger partial charge on any atom is 0.359 e. The van der Waals surface area contributed by atoms with Gasteiger partial charge in [0.25, 0.3) is 0 Å². The zero-order chi connectivity index (χ0) is 15.7. The zero-order valence-electron chi connectivity index (χ0n) is 11.7. The Morgan fingerprint density at radius 1 is 1.14 bits per heavy atom. The van der Waals surface area contributed by atoms with E-state index < -0.39 is 11.9 Å². The van der Waals surface area contributed by atoms with Gasteiger partial charge >= 0.3 is 11.9 Å². The molecule has 6 nitrogen and oxygen atoms in total. The van der Waals surface area contributed by atoms with Gasteiger partial charge in [-0.3, -0.25) is 4.98 Å². The molecule has 2 aliphatic rings. The van der Waals surface area contributed by atoms with Gasteiger partial charge in [-0.15, -0.1) is 0 Å². The second kappa shape index (κ2) is 5.40. The lowest BCUT2D eigenvalue weighted by atomic mass is 9.97. The molecule has 0 bridgehead atoms. The van der Waals surface area contributed by atoms with Crippen molar-refractivity contribution >= 4 is 28.9 Å². The third kappa shape index (κ3) is 1.96. The van der Waals surface area contributed by atoms with Gasteiger partial charge in [-0.1, -0.05) is 25.3 Å². The summed E-state index contributed by atoms with van der Waals surface area (Å²) < 4.78 is 10.0. The maximum absolute atomic E-state index is 12.0. The second-order valence-corrected chi connectivity index (χ2v) is 4.54. The van der Waals surface area contributed by atoms with Crippen molar-refractivity contribution in [1.29, 1.82) is 0 Å². The molecular weight excluding hydrogens is 284 g/mol. The molecule has 0 unspecified atom stereocenters. The van der Waals surface area contributed by atoms with Gasteiger partial charge in [-0.05, 0) is 6.07 Å². The Labute approximate surface area is 125 Å². The second-order valence-electron chi connectivity index (χ2n) is 4.54. The van der Waals surface area contributed by atoms with Crippen LogP contribution in [0.3, 0.4) is 0 Å². The van der Waals surface area contributed by atoms with Crippen molar-refractivity contribution in [2.24, 2.45) is 4.99 Å². The highest BCUT2D eigenvalue weighted by Gasteiger charge is 2.35. The largest absolute Gasteiger partial charge is 0.458 e. The summed E-state index contributed by atoms with van der Waals surface area (Å²) >= 11 is 0. The molecule has 0 radical (unpaired) electrons. The van der Waals surface area contributed by atoms with Gasteiger partial charge in [0.1, 0.15) is 18.9 Å². The summed E-state index contributed by atoms with van der Waals surface area (Å²) in [6.07, 6.45) is 4.47. The van der Waals surface area contributed by atoms with Crippen LogP contribution in [0, 0.1) is 0 Å². The molecule has 0 saturated carbocycles. The molecule has 0 amide bonds. The van der Waals surface area contributed by atoms with Gasteiger partial charge in [-0.2, -0.15) is 0 Å². The topological polar surface area (TPSA) is 77.9 Å². The Hall–Kier alpha value is -3.02. The number of nitrogens with zero attached hydrogens (tertiary/aromatic N) is 2. The van der Waals surface area contributed by atoms with E-state index in [0.717, 1.165) is 0 Å². The molecule has 6 heteroatoms. The Morgan fingerprint density at radius 2 is 1.82 bits per heavy atom. The van der Waals surface area contributed by atoms with Crippen molar-refractivity contribution in [3.05, 3.63) is 53.7 Å². The first-order chi connectivity index (χ1) is 10.7. The van der Waals surface area contributed by atoms with Crippen LogP contribution < -0.4 is 10.4 Å². The summed E-state index contributed by atoms with van der Waals surface area (Å²) in [5.41, 5.74) is 1.31. The molecule has 1 aliphatic carbocycles. The Balaban J connectivity index is 1.95. The number of aliphatic imine (C=N–C) groups is 1. The minimum Gasteiger partial charge on any atom is -0.458 e. The van der Waals surface area contributed by atoms with E-state index in [2.05, 4.69) is 23.1 Å². The van der Waals surface area contributed by atoms with E-state index in [4.69, 9.17) is 9.47 Å². The van der Waals surface area contributed by atoms with E-state index in [1.54, 1.807) is 6.07 Å². The summed E-state index contributed by atoms with van der Waals surface area (Å²) in [6, 6.07) is 1.69. The molecule has 0 fully saturated rings. The summed E-state index contributed by atoms with van der Waals surface area (Å²) in [7, 11) is 0. The maximum atomic E-state index is 12.0. The lowest BCUT2D eigenvalue weighted by Crippen LogP contribution is -2.43. The van der Waals surface area contributed by atoms with Gasteiger partial charge in [0.05, 0.1) is 11.3 Å². The van der Waals surface area contributed by atoms with E-state index in [9.17, 15) is 9.59 Å². The molecule has 1 aromatic rings. The minimum absolute atomic E-state index is 0.0835. The molecule has 0 saturated heterocycles. The van der Waals surface area contributed by atoms with Crippen molar-refractivity contribution in [3.8, 4) is 0 Å². The van der Waals surface area contributed by atoms with E-state index >= 15 is 0 Å². The van der Waals surface area contributed by atoms with Crippen LogP contribution in [0.5, 0.6) is 0 Å². The summed E-state index contributed by atoms with van der Waals surface area (Å²) in [5.74, 6) is -1.09. The van der Waals surface area contributed by atoms with Crippen LogP contribution in [0.4, 0.5) is 0 Å². The van der Waals surface area contributed by atoms with Crippen LogP contribution >= 0.6 is 0 Å². The minimum atomic E-state index is -0.596. The van der Waals surface area contributed by atoms with Gasteiger partial charge in [-0.25, -0.2) is 14.6 Å². The molecule has 110 valence electrons. The standard InChI is InChI=1S/C16H12N2O4/c1-3-7-21-15(19)11-9-5-6-17-13-10(9)12(11)18-14(13)16(20)22-8-4-2/h3-6H,1-2,7-8H2. The normalized spacial score (nSPS) is 13.7. The predicted molar refractivity (Wildman–Crippen MR) is 79.2 cm³/mol. The zero-order valence-corrected chi connectivity index (χ0v) is 11.7. The van der Waals surface area contributed by atoms with Crippen molar-refractivity contribution in [1.82, 2.24) is 4.98 Å². The first-order valence-corrected chi connectivity index (χ1v) is 6.58. The molecule has 0 atom stereocenters. The van der Waals surface area contributed by atoms with Crippen molar-refractivity contribution in [3.63, 3.8) is 0 Å². The van der Waals surface area contributed by atoms with Crippen molar-refractivity contribution < 1.29 is 19.1 Å². The Bertz CT molecular complexity index is 865. The van der Waals surface area contributed by atoms with Crippen LogP contribution in [-0.4, -0.2) is 35.8 Å². The highest BCUT2D eigenvalue weighted by Crippen LogP contribution is 2.23. The molecule has 0 aromatic carbocycles. The highest BCUT2D eigenvalue weighted by atomic mass is 16.5. The molecule has 2 heterocycles. The number of pyridine rings is 1. The van der Waals surface area contributed by atoms with Crippen LogP contribution in [0.25, 0.3) is 11.3 Å². The van der Waals surface area contributed by atoms with Crippen molar-refractivity contribution in [2.45, 2.75) is 0 Å². The van der Waals surface area contributed by atoms with E-state index in [-0.39, 0.29) is 18.9 Å². The first-order valence-electron chi connectivity index (χ1n) is 6.58. The van der Waals surface area contributed by atoms with Gasteiger partial charge in [0, 0.05) is 16.6 Å². The summed E-state index contributed by atoms with van der Waals surface area (Å²) in [4.78, 5) is 32.4. The summed E-state index contributed by atoms with van der Waals surface area (Å²) in [5, 5.41) is 1.38.